The van der Waals surface area contributed by atoms with E-state index in [1.807, 2.05) is 0 Å². The number of esters is 3. The first-order valence-electron chi connectivity index (χ1n) is 29.1. The number of unbranched alkanes of at least 4 members (excludes halogenated alkanes) is 34. The van der Waals surface area contributed by atoms with Crippen LogP contribution in [0.15, 0.2) is 48.6 Å². The van der Waals surface area contributed by atoms with Gasteiger partial charge >= 0.3 is 17.9 Å². The van der Waals surface area contributed by atoms with Gasteiger partial charge in [0.1, 0.15) is 13.2 Å². The van der Waals surface area contributed by atoms with Crippen LogP contribution in [0.3, 0.4) is 0 Å². The molecule has 0 saturated carbocycles. The van der Waals surface area contributed by atoms with Crippen LogP contribution in [0.25, 0.3) is 0 Å². The highest BCUT2D eigenvalue weighted by Crippen LogP contribution is 2.17. The van der Waals surface area contributed by atoms with Crippen molar-refractivity contribution in [2.75, 3.05) is 13.2 Å². The predicted molar refractivity (Wildman–Crippen MR) is 289 cm³/mol. The second kappa shape index (κ2) is 56.0. The number of rotatable bonds is 53. The van der Waals surface area contributed by atoms with E-state index in [9.17, 15) is 14.4 Å². The molecule has 0 aliphatic heterocycles. The van der Waals surface area contributed by atoms with Crippen LogP contribution in [0.4, 0.5) is 0 Å². The van der Waals surface area contributed by atoms with Crippen molar-refractivity contribution in [3.63, 3.8) is 0 Å². The molecule has 390 valence electrons. The number of carbonyl (C=O) groups is 3. The Bertz CT molecular complexity index is 1170. The van der Waals surface area contributed by atoms with Crippen LogP contribution in [0.1, 0.15) is 303 Å². The molecule has 0 amide bonds. The highest BCUT2D eigenvalue weighted by Gasteiger charge is 2.19. The Morgan fingerprint density at radius 3 is 0.910 bits per heavy atom. The summed E-state index contributed by atoms with van der Waals surface area (Å²) < 4.78 is 16.8. The number of hydrogen-bond acceptors (Lipinski definition) is 6. The van der Waals surface area contributed by atoms with Gasteiger partial charge in [-0.15, -0.1) is 0 Å². The van der Waals surface area contributed by atoms with E-state index < -0.39 is 6.10 Å². The number of ether oxygens (including phenoxy) is 3. The van der Waals surface area contributed by atoms with Gasteiger partial charge in [0, 0.05) is 19.3 Å². The van der Waals surface area contributed by atoms with Gasteiger partial charge in [-0.05, 0) is 57.8 Å². The van der Waals surface area contributed by atoms with Crippen LogP contribution < -0.4 is 0 Å². The summed E-state index contributed by atoms with van der Waals surface area (Å²) in [5.74, 6) is -0.863. The molecule has 0 saturated heterocycles. The Labute approximate surface area is 416 Å². The minimum atomic E-state index is -0.764. The normalized spacial score (nSPS) is 12.3. The first-order chi connectivity index (χ1) is 33.0. The van der Waals surface area contributed by atoms with Crippen LogP contribution in [0.5, 0.6) is 0 Å². The SMILES string of the molecule is CC/C=C\C/C=C\C/C=C\C/C=C\CCCCCCCCCCCCCCCCCCC(=O)OCC(COC(=O)CCCCCCCC)OC(=O)CCCCCCCCCCCCCCCC. The lowest BCUT2D eigenvalue weighted by Crippen LogP contribution is -2.30. The molecule has 67 heavy (non-hydrogen) atoms. The zero-order valence-corrected chi connectivity index (χ0v) is 44.7. The smallest absolute Gasteiger partial charge is 0.306 e. The fourth-order valence-electron chi connectivity index (χ4n) is 8.49. The minimum absolute atomic E-state index is 0.0681. The molecule has 0 N–H and O–H groups in total. The summed E-state index contributed by atoms with van der Waals surface area (Å²) in [6, 6.07) is 0. The van der Waals surface area contributed by atoms with E-state index in [0.29, 0.717) is 19.3 Å². The lowest BCUT2D eigenvalue weighted by molar-refractivity contribution is -0.167. The molecular weight excluding hydrogens is 829 g/mol. The molecule has 0 bridgehead atoms. The summed E-state index contributed by atoms with van der Waals surface area (Å²) in [6.07, 6.45) is 68.6. The van der Waals surface area contributed by atoms with Crippen molar-refractivity contribution in [2.45, 2.75) is 309 Å². The van der Waals surface area contributed by atoms with Gasteiger partial charge in [-0.2, -0.15) is 0 Å². The quantitative estimate of drug-likeness (QED) is 0.0262. The van der Waals surface area contributed by atoms with Crippen LogP contribution in [0, 0.1) is 0 Å². The van der Waals surface area contributed by atoms with Crippen LogP contribution in [0.2, 0.25) is 0 Å². The molecule has 0 heterocycles. The molecule has 0 aromatic rings. The zero-order valence-electron chi connectivity index (χ0n) is 44.7. The van der Waals surface area contributed by atoms with Crippen LogP contribution in [-0.4, -0.2) is 37.2 Å². The minimum Gasteiger partial charge on any atom is -0.462 e. The molecular formula is C61H110O6. The number of hydrogen-bond donors (Lipinski definition) is 0. The fraction of sp³-hybridized carbons (Fsp3) is 0.820. The van der Waals surface area contributed by atoms with E-state index in [1.54, 1.807) is 0 Å². The molecule has 1 atom stereocenters. The van der Waals surface area contributed by atoms with Gasteiger partial charge in [0.15, 0.2) is 6.10 Å². The Morgan fingerprint density at radius 1 is 0.313 bits per heavy atom. The summed E-state index contributed by atoms with van der Waals surface area (Å²) in [6.45, 7) is 6.50. The second-order valence-corrected chi connectivity index (χ2v) is 19.5. The predicted octanol–water partition coefficient (Wildman–Crippen LogP) is 19.4. The molecule has 0 aromatic heterocycles. The average molecular weight is 940 g/mol. The number of carbonyl (C=O) groups excluding carboxylic acids is 3. The lowest BCUT2D eigenvalue weighted by atomic mass is 10.0. The van der Waals surface area contributed by atoms with Gasteiger partial charge in [0.2, 0.25) is 0 Å². The van der Waals surface area contributed by atoms with E-state index in [1.165, 1.54) is 180 Å². The summed E-state index contributed by atoms with van der Waals surface area (Å²) in [7, 11) is 0. The van der Waals surface area contributed by atoms with Gasteiger partial charge in [0.05, 0.1) is 0 Å². The van der Waals surface area contributed by atoms with E-state index in [-0.39, 0.29) is 31.1 Å². The van der Waals surface area contributed by atoms with Crippen LogP contribution in [-0.2, 0) is 28.6 Å². The van der Waals surface area contributed by atoms with Crippen molar-refractivity contribution >= 4 is 17.9 Å². The Hall–Kier alpha value is -2.63. The van der Waals surface area contributed by atoms with Crippen molar-refractivity contribution < 1.29 is 28.6 Å². The van der Waals surface area contributed by atoms with E-state index in [2.05, 4.69) is 69.4 Å². The highest BCUT2D eigenvalue weighted by atomic mass is 16.6. The van der Waals surface area contributed by atoms with Gasteiger partial charge in [-0.25, -0.2) is 0 Å². The fourth-order valence-corrected chi connectivity index (χ4v) is 8.49. The molecule has 1 unspecified atom stereocenters. The molecule has 0 fully saturated rings. The monoisotopic (exact) mass is 939 g/mol. The maximum atomic E-state index is 12.8. The second-order valence-electron chi connectivity index (χ2n) is 19.5. The van der Waals surface area contributed by atoms with E-state index in [4.69, 9.17) is 14.2 Å². The Balaban J connectivity index is 4.00. The highest BCUT2D eigenvalue weighted by molar-refractivity contribution is 5.71. The zero-order chi connectivity index (χ0) is 48.6. The van der Waals surface area contributed by atoms with Crippen LogP contribution >= 0.6 is 0 Å². The third-order valence-electron chi connectivity index (χ3n) is 12.8. The maximum Gasteiger partial charge on any atom is 0.306 e. The van der Waals surface area contributed by atoms with E-state index in [0.717, 1.165) is 83.5 Å². The molecule has 0 rings (SSSR count). The standard InChI is InChI=1S/C61H110O6/c1-4-7-10-13-16-18-20-22-24-25-26-27-28-29-30-31-32-33-34-35-36-37-38-40-41-43-45-48-51-54-60(63)66-57-58(56-65-59(62)53-50-47-15-12-9-6-3)67-61(64)55-52-49-46-44-42-39-23-21-19-17-14-11-8-5-2/h7,10,16,18,22,24,26-27,58H,4-6,8-9,11-15,17,19-21,23,25,28-57H2,1-3H3/b10-7-,18-16-,24-22-,27-26-. The molecule has 0 aliphatic rings. The van der Waals surface area contributed by atoms with Crippen molar-refractivity contribution in [1.82, 2.24) is 0 Å². The van der Waals surface area contributed by atoms with Gasteiger partial charge < -0.3 is 14.2 Å². The first-order valence-corrected chi connectivity index (χ1v) is 29.1. The first kappa shape index (κ1) is 64.4. The molecule has 0 aliphatic carbocycles. The van der Waals surface area contributed by atoms with Crippen molar-refractivity contribution in [2.24, 2.45) is 0 Å². The third-order valence-corrected chi connectivity index (χ3v) is 12.8. The summed E-state index contributed by atoms with van der Waals surface area (Å²) in [5.41, 5.74) is 0. The lowest BCUT2D eigenvalue weighted by Gasteiger charge is -2.18. The summed E-state index contributed by atoms with van der Waals surface area (Å²) >= 11 is 0. The van der Waals surface area contributed by atoms with Crippen molar-refractivity contribution in [3.8, 4) is 0 Å². The van der Waals surface area contributed by atoms with Gasteiger partial charge in [-0.3, -0.25) is 14.4 Å². The molecule has 0 spiro atoms. The molecule has 6 heteroatoms. The van der Waals surface area contributed by atoms with Crippen molar-refractivity contribution in [1.29, 1.82) is 0 Å². The molecule has 0 aromatic carbocycles. The maximum absolute atomic E-state index is 12.8. The van der Waals surface area contributed by atoms with Gasteiger partial charge in [0.25, 0.3) is 0 Å². The largest absolute Gasteiger partial charge is 0.462 e. The topological polar surface area (TPSA) is 78.9 Å². The summed E-state index contributed by atoms with van der Waals surface area (Å²) in [5, 5.41) is 0. The summed E-state index contributed by atoms with van der Waals surface area (Å²) in [4.78, 5) is 37.8. The third kappa shape index (κ3) is 54.2. The molecule has 6 nitrogen and oxygen atoms in total. The average Bonchev–Trinajstić information content (AvgIpc) is 3.33. The Kier molecular flexibility index (Phi) is 53.8. The molecule has 0 radical (unpaired) electrons. The Morgan fingerprint density at radius 2 is 0.582 bits per heavy atom. The van der Waals surface area contributed by atoms with Crippen molar-refractivity contribution in [3.05, 3.63) is 48.6 Å². The van der Waals surface area contributed by atoms with E-state index >= 15 is 0 Å². The van der Waals surface area contributed by atoms with Gasteiger partial charge in [-0.1, -0.05) is 275 Å². The number of allylic oxidation sites excluding steroid dienone is 8.